The first kappa shape index (κ1) is 24.6. The van der Waals surface area contributed by atoms with Gasteiger partial charge in [-0.15, -0.1) is 5.10 Å². The van der Waals surface area contributed by atoms with Crippen molar-refractivity contribution in [1.82, 2.24) is 14.8 Å². The monoisotopic (exact) mass is 474 g/mol. The van der Waals surface area contributed by atoms with Crippen molar-refractivity contribution < 1.29 is 23.8 Å². The van der Waals surface area contributed by atoms with E-state index in [1.54, 1.807) is 11.6 Å². The number of carbonyl (C=O) groups is 2. The minimum atomic E-state index is -0.537. The summed E-state index contributed by atoms with van der Waals surface area (Å²) in [5.41, 5.74) is 1.93. The minimum absolute atomic E-state index is 0.0875. The van der Waals surface area contributed by atoms with Gasteiger partial charge in [-0.2, -0.15) is 4.98 Å². The molecule has 2 heterocycles. The van der Waals surface area contributed by atoms with Crippen LogP contribution in [0.1, 0.15) is 45.7 Å². The second-order valence-corrected chi connectivity index (χ2v) is 8.86. The molecule has 178 valence electrons. The predicted octanol–water partition coefficient (Wildman–Crippen LogP) is 3.82. The number of ether oxygens (including phenoxy) is 3. The summed E-state index contributed by atoms with van der Waals surface area (Å²) in [7, 11) is 1.33. The zero-order valence-corrected chi connectivity index (χ0v) is 20.4. The highest BCUT2D eigenvalue weighted by Gasteiger charge is 2.35. The molecule has 3 rings (SSSR count). The Hall–Kier alpha value is -3.01. The number of allylic oxidation sites excluding steroid dienone is 1. The number of hydrogen-bond acceptors (Lipinski definition) is 9. The number of carbonyl (C=O) groups excluding carboxylic acids is 2. The standard InChI is InChI=1S/C23H30N4O5S/c1-6-31-21(29)19-15(4)24-22-25-23(33-13-18(28)30-5)26-27(22)20(19)16-7-9-17(10-8-16)32-12-11-14(2)3/h7-10,14,20H,6,11-13H2,1-5H3,(H,24,25,26). The van der Waals surface area contributed by atoms with Crippen LogP contribution in [0.2, 0.25) is 0 Å². The van der Waals surface area contributed by atoms with Crippen molar-refractivity contribution >= 4 is 29.6 Å². The summed E-state index contributed by atoms with van der Waals surface area (Å²) in [6, 6.07) is 7.07. The molecule has 1 aromatic heterocycles. The summed E-state index contributed by atoms with van der Waals surface area (Å²) in [6.07, 6.45) is 0.972. The molecule has 0 amide bonds. The maximum Gasteiger partial charge on any atom is 0.338 e. The molecule has 0 spiro atoms. The zero-order chi connectivity index (χ0) is 24.0. The third kappa shape index (κ3) is 6.07. The summed E-state index contributed by atoms with van der Waals surface area (Å²) in [6.45, 7) is 8.79. The van der Waals surface area contributed by atoms with Crippen LogP contribution in [0.15, 0.2) is 40.7 Å². The lowest BCUT2D eigenvalue weighted by atomic mass is 9.96. The van der Waals surface area contributed by atoms with Gasteiger partial charge in [0.15, 0.2) is 0 Å². The van der Waals surface area contributed by atoms with Crippen molar-refractivity contribution in [3.05, 3.63) is 41.1 Å². The quantitative estimate of drug-likeness (QED) is 0.406. The van der Waals surface area contributed by atoms with Gasteiger partial charge in [-0.1, -0.05) is 37.7 Å². The third-order valence-electron chi connectivity index (χ3n) is 5.04. The Kier molecular flexibility index (Phi) is 8.37. The summed E-state index contributed by atoms with van der Waals surface area (Å²) in [5, 5.41) is 8.10. The fraction of sp³-hybridized carbons (Fsp3) is 0.478. The average molecular weight is 475 g/mol. The number of nitrogens with zero attached hydrogens (tertiary/aromatic N) is 3. The van der Waals surface area contributed by atoms with E-state index >= 15 is 0 Å². The number of nitrogens with one attached hydrogen (secondary N) is 1. The van der Waals surface area contributed by atoms with Crippen LogP contribution in [0, 0.1) is 5.92 Å². The molecule has 0 radical (unpaired) electrons. The summed E-state index contributed by atoms with van der Waals surface area (Å²) < 4.78 is 17.5. The van der Waals surface area contributed by atoms with Crippen LogP contribution >= 0.6 is 11.8 Å². The number of fused-ring (bicyclic) bond motifs is 1. The summed E-state index contributed by atoms with van der Waals surface area (Å²) in [5.74, 6) is 1.11. The lowest BCUT2D eigenvalue weighted by molar-refractivity contribution is -0.139. The first-order valence-electron chi connectivity index (χ1n) is 10.9. The van der Waals surface area contributed by atoms with Crippen molar-refractivity contribution in [1.29, 1.82) is 0 Å². The number of anilines is 1. The Balaban J connectivity index is 1.92. The molecule has 1 aromatic carbocycles. The molecule has 0 saturated carbocycles. The Labute approximate surface area is 197 Å². The molecular formula is C23H30N4O5S. The molecule has 1 atom stereocenters. The topological polar surface area (TPSA) is 105 Å². The van der Waals surface area contributed by atoms with Crippen molar-refractivity contribution in [3.63, 3.8) is 0 Å². The molecule has 9 nitrogen and oxygen atoms in total. The highest BCUT2D eigenvalue weighted by molar-refractivity contribution is 7.99. The molecule has 1 unspecified atom stereocenters. The number of benzene rings is 1. The molecule has 0 bridgehead atoms. The van der Waals surface area contributed by atoms with Gasteiger partial charge in [0, 0.05) is 5.70 Å². The number of rotatable bonds is 10. The third-order valence-corrected chi connectivity index (χ3v) is 5.85. The molecule has 1 N–H and O–H groups in total. The summed E-state index contributed by atoms with van der Waals surface area (Å²) >= 11 is 1.17. The minimum Gasteiger partial charge on any atom is -0.494 e. The fourth-order valence-corrected chi connectivity index (χ4v) is 3.98. The maximum absolute atomic E-state index is 12.9. The number of methoxy groups -OCH3 is 1. The van der Waals surface area contributed by atoms with Crippen molar-refractivity contribution in [2.24, 2.45) is 5.92 Å². The Morgan fingerprint density at radius 2 is 1.97 bits per heavy atom. The van der Waals surface area contributed by atoms with Crippen LogP contribution in [0.25, 0.3) is 0 Å². The predicted molar refractivity (Wildman–Crippen MR) is 125 cm³/mol. The van der Waals surface area contributed by atoms with Gasteiger partial charge < -0.3 is 19.5 Å². The second-order valence-electron chi connectivity index (χ2n) is 7.91. The Morgan fingerprint density at radius 3 is 2.61 bits per heavy atom. The smallest absolute Gasteiger partial charge is 0.338 e. The van der Waals surface area contributed by atoms with Crippen molar-refractivity contribution in [3.8, 4) is 5.75 Å². The van der Waals surface area contributed by atoms with Crippen molar-refractivity contribution in [2.45, 2.75) is 45.3 Å². The molecule has 0 fully saturated rings. The van der Waals surface area contributed by atoms with Gasteiger partial charge in [0.05, 0.1) is 31.6 Å². The van der Waals surface area contributed by atoms with Gasteiger partial charge in [0.1, 0.15) is 11.8 Å². The van der Waals surface area contributed by atoms with Gasteiger partial charge in [0.2, 0.25) is 11.1 Å². The van der Waals surface area contributed by atoms with E-state index in [0.29, 0.717) is 34.9 Å². The van der Waals surface area contributed by atoms with E-state index in [9.17, 15) is 9.59 Å². The number of esters is 2. The van der Waals surface area contributed by atoms with E-state index in [1.165, 1.54) is 18.9 Å². The average Bonchev–Trinajstić information content (AvgIpc) is 3.19. The largest absolute Gasteiger partial charge is 0.494 e. The van der Waals surface area contributed by atoms with Gasteiger partial charge in [-0.05, 0) is 43.9 Å². The molecule has 0 saturated heterocycles. The Bertz CT molecular complexity index is 1020. The van der Waals surface area contributed by atoms with Gasteiger partial charge in [-0.25, -0.2) is 9.48 Å². The molecule has 1 aliphatic heterocycles. The second kappa shape index (κ2) is 11.2. The highest BCUT2D eigenvalue weighted by atomic mass is 32.2. The zero-order valence-electron chi connectivity index (χ0n) is 19.6. The number of thioether (sulfide) groups is 1. The van der Waals surface area contributed by atoms with E-state index in [0.717, 1.165) is 17.7 Å². The van der Waals surface area contributed by atoms with Crippen LogP contribution < -0.4 is 10.1 Å². The van der Waals surface area contributed by atoms with Crippen molar-refractivity contribution in [2.75, 3.05) is 31.4 Å². The van der Waals surface area contributed by atoms with Gasteiger partial charge >= 0.3 is 11.9 Å². The van der Waals surface area contributed by atoms with E-state index in [1.807, 2.05) is 31.2 Å². The van der Waals surface area contributed by atoms with E-state index in [-0.39, 0.29) is 18.3 Å². The SMILES string of the molecule is CCOC(=O)C1=C(C)Nc2nc(SCC(=O)OC)nn2C1c1ccc(OCCC(C)C)cc1. The van der Waals surface area contributed by atoms with Gasteiger partial charge in [-0.3, -0.25) is 4.79 Å². The molecule has 1 aliphatic rings. The molecule has 0 aliphatic carbocycles. The van der Waals surface area contributed by atoms with Crippen LogP contribution in [-0.4, -0.2) is 52.8 Å². The van der Waals surface area contributed by atoms with Crippen LogP contribution in [0.5, 0.6) is 5.75 Å². The number of hydrogen-bond donors (Lipinski definition) is 1. The lowest BCUT2D eigenvalue weighted by Gasteiger charge is -2.28. The Morgan fingerprint density at radius 1 is 1.24 bits per heavy atom. The summed E-state index contributed by atoms with van der Waals surface area (Å²) in [4.78, 5) is 28.9. The highest BCUT2D eigenvalue weighted by Crippen LogP contribution is 2.37. The lowest BCUT2D eigenvalue weighted by Crippen LogP contribution is -2.29. The molecule has 2 aromatic rings. The fourth-order valence-electron chi connectivity index (χ4n) is 3.32. The van der Waals surface area contributed by atoms with Crippen LogP contribution in [0.4, 0.5) is 5.95 Å². The van der Waals surface area contributed by atoms with Crippen LogP contribution in [0.3, 0.4) is 0 Å². The van der Waals surface area contributed by atoms with E-state index in [2.05, 4.69) is 34.0 Å². The molecule has 33 heavy (non-hydrogen) atoms. The van der Waals surface area contributed by atoms with E-state index < -0.39 is 12.0 Å². The first-order valence-corrected chi connectivity index (χ1v) is 11.9. The van der Waals surface area contributed by atoms with E-state index in [4.69, 9.17) is 9.47 Å². The normalized spacial score (nSPS) is 15.2. The molecule has 10 heteroatoms. The molecular weight excluding hydrogens is 444 g/mol. The number of aromatic nitrogens is 3. The van der Waals surface area contributed by atoms with Gasteiger partial charge in [0.25, 0.3) is 0 Å². The first-order chi connectivity index (χ1) is 15.8. The maximum atomic E-state index is 12.9. The van der Waals surface area contributed by atoms with Crippen LogP contribution in [-0.2, 0) is 19.1 Å².